The molecule has 0 aliphatic rings. The third-order valence-corrected chi connectivity index (χ3v) is 2.60. The minimum atomic E-state index is -4.80. The minimum absolute atomic E-state index is 0.0681. The first-order valence-corrected chi connectivity index (χ1v) is 5.36. The van der Waals surface area contributed by atoms with Gasteiger partial charge in [0.15, 0.2) is 0 Å². The van der Waals surface area contributed by atoms with E-state index in [-0.39, 0.29) is 16.8 Å². The Bertz CT molecular complexity index is 650. The molecule has 0 spiro atoms. The Balaban J connectivity index is 2.51. The highest BCUT2D eigenvalue weighted by Gasteiger charge is 2.34. The van der Waals surface area contributed by atoms with Gasteiger partial charge < -0.3 is 5.11 Å². The van der Waals surface area contributed by atoms with E-state index in [1.807, 2.05) is 0 Å². The van der Waals surface area contributed by atoms with Crippen LogP contribution >= 0.6 is 0 Å². The lowest BCUT2D eigenvalue weighted by Crippen LogP contribution is -2.08. The van der Waals surface area contributed by atoms with Crippen molar-refractivity contribution in [3.63, 3.8) is 0 Å². The van der Waals surface area contributed by atoms with E-state index in [2.05, 4.69) is 4.98 Å². The molecule has 0 atom stereocenters. The second-order valence-corrected chi connectivity index (χ2v) is 3.90. The highest BCUT2D eigenvalue weighted by Crippen LogP contribution is 2.35. The summed E-state index contributed by atoms with van der Waals surface area (Å²) in [6, 6.07) is 5.18. The van der Waals surface area contributed by atoms with Crippen LogP contribution in [0.3, 0.4) is 0 Å². The number of hydrogen-bond acceptors (Lipinski definition) is 2. The summed E-state index contributed by atoms with van der Waals surface area (Å²) in [5.74, 6) is -2.69. The lowest BCUT2D eigenvalue weighted by atomic mass is 10.0. The van der Waals surface area contributed by atoms with E-state index in [0.29, 0.717) is 6.07 Å². The maximum Gasteiger partial charge on any atom is 0.419 e. The highest BCUT2D eigenvalue weighted by atomic mass is 19.4. The van der Waals surface area contributed by atoms with Crippen LogP contribution in [0.4, 0.5) is 17.6 Å². The summed E-state index contributed by atoms with van der Waals surface area (Å²) in [6.45, 7) is 0. The zero-order valence-electron chi connectivity index (χ0n) is 9.78. The van der Waals surface area contributed by atoms with Crippen LogP contribution in [0, 0.1) is 5.82 Å². The number of carboxylic acids is 1. The summed E-state index contributed by atoms with van der Waals surface area (Å²) >= 11 is 0. The molecular formula is C13H7F4NO2. The van der Waals surface area contributed by atoms with E-state index in [0.717, 1.165) is 18.3 Å². The monoisotopic (exact) mass is 285 g/mol. The molecule has 0 aliphatic heterocycles. The van der Waals surface area contributed by atoms with Crippen molar-refractivity contribution in [1.29, 1.82) is 0 Å². The summed E-state index contributed by atoms with van der Waals surface area (Å²) in [4.78, 5) is 14.2. The van der Waals surface area contributed by atoms with Gasteiger partial charge in [-0.05, 0) is 12.1 Å². The molecule has 1 aromatic heterocycles. The van der Waals surface area contributed by atoms with Gasteiger partial charge in [0, 0.05) is 17.3 Å². The molecule has 2 rings (SSSR count). The Hall–Kier alpha value is -2.44. The lowest BCUT2D eigenvalue weighted by Gasteiger charge is -2.11. The molecule has 1 N–H and O–H groups in total. The van der Waals surface area contributed by atoms with Crippen LogP contribution in [0.5, 0.6) is 0 Å². The maximum atomic E-state index is 13.8. The average Bonchev–Trinajstić information content (AvgIpc) is 2.37. The van der Waals surface area contributed by atoms with Crippen LogP contribution < -0.4 is 0 Å². The largest absolute Gasteiger partial charge is 0.477 e. The summed E-state index contributed by atoms with van der Waals surface area (Å²) < 4.78 is 51.6. The predicted octanol–water partition coefficient (Wildman–Crippen LogP) is 3.60. The van der Waals surface area contributed by atoms with Crippen molar-refractivity contribution < 1.29 is 27.5 Å². The molecule has 0 bridgehead atoms. The number of carboxylic acid groups (broad SMARTS) is 1. The quantitative estimate of drug-likeness (QED) is 0.858. The molecule has 20 heavy (non-hydrogen) atoms. The average molecular weight is 285 g/mol. The minimum Gasteiger partial charge on any atom is -0.477 e. The van der Waals surface area contributed by atoms with Crippen LogP contribution in [0.1, 0.15) is 16.1 Å². The molecule has 0 fully saturated rings. The van der Waals surface area contributed by atoms with Gasteiger partial charge in [0.2, 0.25) is 0 Å². The van der Waals surface area contributed by atoms with E-state index < -0.39 is 23.5 Å². The number of benzene rings is 1. The smallest absolute Gasteiger partial charge is 0.419 e. The zero-order valence-corrected chi connectivity index (χ0v) is 9.78. The van der Waals surface area contributed by atoms with E-state index in [4.69, 9.17) is 5.11 Å². The molecule has 0 unspecified atom stereocenters. The Morgan fingerprint density at radius 3 is 2.35 bits per heavy atom. The third kappa shape index (κ3) is 2.61. The van der Waals surface area contributed by atoms with Gasteiger partial charge >= 0.3 is 12.1 Å². The number of alkyl halides is 3. The molecule has 1 aromatic carbocycles. The van der Waals surface area contributed by atoms with Crippen molar-refractivity contribution in [2.45, 2.75) is 6.18 Å². The normalized spacial score (nSPS) is 11.4. The molecule has 2 aromatic rings. The second kappa shape index (κ2) is 4.92. The summed E-state index contributed by atoms with van der Waals surface area (Å²) in [5.41, 5.74) is -1.87. The van der Waals surface area contributed by atoms with Crippen LogP contribution in [0.25, 0.3) is 11.1 Å². The zero-order chi connectivity index (χ0) is 14.9. The molecule has 0 saturated carbocycles. The molecule has 0 aliphatic carbocycles. The van der Waals surface area contributed by atoms with E-state index in [1.54, 1.807) is 0 Å². The van der Waals surface area contributed by atoms with Gasteiger partial charge in [-0.15, -0.1) is 0 Å². The summed E-state index contributed by atoms with van der Waals surface area (Å²) in [7, 11) is 0. The third-order valence-electron chi connectivity index (χ3n) is 2.60. The maximum absolute atomic E-state index is 13.8. The summed E-state index contributed by atoms with van der Waals surface area (Å²) in [6.07, 6.45) is -3.78. The molecule has 0 amide bonds. The Morgan fingerprint density at radius 2 is 1.85 bits per heavy atom. The van der Waals surface area contributed by atoms with Crippen molar-refractivity contribution in [2.75, 3.05) is 0 Å². The fourth-order valence-electron chi connectivity index (χ4n) is 1.65. The number of aromatic carboxylic acids is 1. The number of carbonyl (C=O) groups is 1. The number of halogens is 4. The van der Waals surface area contributed by atoms with Gasteiger partial charge in [-0.2, -0.15) is 13.2 Å². The van der Waals surface area contributed by atoms with E-state index >= 15 is 0 Å². The van der Waals surface area contributed by atoms with Gasteiger partial charge in [0.25, 0.3) is 0 Å². The van der Waals surface area contributed by atoms with E-state index in [1.165, 1.54) is 12.1 Å². The number of rotatable bonds is 2. The van der Waals surface area contributed by atoms with Crippen molar-refractivity contribution >= 4 is 5.97 Å². The van der Waals surface area contributed by atoms with Crippen LogP contribution in [-0.4, -0.2) is 16.1 Å². The number of aromatic nitrogens is 1. The van der Waals surface area contributed by atoms with Crippen molar-refractivity contribution in [3.8, 4) is 11.1 Å². The van der Waals surface area contributed by atoms with Gasteiger partial charge in [-0.1, -0.05) is 18.2 Å². The molecular weight excluding hydrogens is 278 g/mol. The fraction of sp³-hybridized carbons (Fsp3) is 0.0769. The molecule has 1 heterocycles. The Kier molecular flexibility index (Phi) is 3.44. The summed E-state index contributed by atoms with van der Waals surface area (Å²) in [5, 5.41) is 8.67. The van der Waals surface area contributed by atoms with Crippen molar-refractivity contribution in [2.24, 2.45) is 0 Å². The fourth-order valence-corrected chi connectivity index (χ4v) is 1.65. The predicted molar refractivity (Wildman–Crippen MR) is 61.6 cm³/mol. The molecule has 104 valence electrons. The van der Waals surface area contributed by atoms with Gasteiger partial charge in [-0.25, -0.2) is 14.2 Å². The number of nitrogens with zero attached hydrogens (tertiary/aromatic N) is 1. The number of pyridine rings is 1. The topological polar surface area (TPSA) is 50.2 Å². The second-order valence-electron chi connectivity index (χ2n) is 3.90. The lowest BCUT2D eigenvalue weighted by molar-refractivity contribution is -0.139. The van der Waals surface area contributed by atoms with Crippen LogP contribution in [-0.2, 0) is 6.18 Å². The van der Waals surface area contributed by atoms with Crippen LogP contribution in [0.2, 0.25) is 0 Å². The van der Waals surface area contributed by atoms with Crippen molar-refractivity contribution in [3.05, 3.63) is 53.6 Å². The van der Waals surface area contributed by atoms with Gasteiger partial charge in [-0.3, -0.25) is 0 Å². The standard InChI is InChI=1S/C13H7F4NO2/c14-11-8(2-1-3-9(11)13(15,16)17)7-4-5-10(12(19)20)18-6-7/h1-6H,(H,19,20). The first-order valence-electron chi connectivity index (χ1n) is 5.36. The van der Waals surface area contributed by atoms with Crippen molar-refractivity contribution in [1.82, 2.24) is 4.98 Å². The number of hydrogen-bond donors (Lipinski definition) is 1. The Labute approximate surface area is 110 Å². The first kappa shape index (κ1) is 14.0. The van der Waals surface area contributed by atoms with E-state index in [9.17, 15) is 22.4 Å². The molecule has 3 nitrogen and oxygen atoms in total. The van der Waals surface area contributed by atoms with Gasteiger partial charge in [0.1, 0.15) is 11.5 Å². The molecule has 7 heteroatoms. The first-order chi connectivity index (χ1) is 9.30. The molecule has 0 saturated heterocycles. The van der Waals surface area contributed by atoms with Crippen LogP contribution in [0.15, 0.2) is 36.5 Å². The Morgan fingerprint density at radius 1 is 1.15 bits per heavy atom. The molecule has 0 radical (unpaired) electrons. The van der Waals surface area contributed by atoms with Gasteiger partial charge in [0.05, 0.1) is 5.56 Å². The SMILES string of the molecule is O=C(O)c1ccc(-c2cccc(C(F)(F)F)c2F)cn1. The highest BCUT2D eigenvalue weighted by molar-refractivity contribution is 5.85.